The summed E-state index contributed by atoms with van der Waals surface area (Å²) >= 11 is 11.9. The van der Waals surface area contributed by atoms with Gasteiger partial charge < -0.3 is 16.0 Å². The van der Waals surface area contributed by atoms with Crippen LogP contribution in [-0.4, -0.2) is 11.9 Å². The Morgan fingerprint density at radius 2 is 1.70 bits per heavy atom. The van der Waals surface area contributed by atoms with Crippen molar-refractivity contribution in [3.05, 3.63) is 58.1 Å². The average Bonchev–Trinajstić information content (AvgIpc) is 2.49. The summed E-state index contributed by atoms with van der Waals surface area (Å²) in [7, 11) is 0. The molecule has 2 aromatic carbocycles. The third-order valence-electron chi connectivity index (χ3n) is 2.90. The predicted octanol–water partition coefficient (Wildman–Crippen LogP) is 4.27. The summed E-state index contributed by atoms with van der Waals surface area (Å²) < 4.78 is 0. The van der Waals surface area contributed by atoms with E-state index >= 15 is 0 Å². The number of nitrogens with one attached hydrogen (secondary N) is 3. The van der Waals surface area contributed by atoms with Crippen molar-refractivity contribution >= 4 is 46.5 Å². The van der Waals surface area contributed by atoms with Crippen LogP contribution < -0.4 is 16.0 Å². The van der Waals surface area contributed by atoms with Crippen LogP contribution in [-0.2, 0) is 11.3 Å². The van der Waals surface area contributed by atoms with Crippen LogP contribution in [0.3, 0.4) is 0 Å². The number of halogens is 2. The summed E-state index contributed by atoms with van der Waals surface area (Å²) in [6, 6.07) is 11.6. The molecule has 2 aromatic rings. The number of hydrogen-bond acceptors (Lipinski definition) is 2. The molecular formula is C16H15Cl2N3O2. The van der Waals surface area contributed by atoms with Gasteiger partial charge in [-0.2, -0.15) is 0 Å². The summed E-state index contributed by atoms with van der Waals surface area (Å²) in [5, 5.41) is 8.96. The Labute approximate surface area is 144 Å². The van der Waals surface area contributed by atoms with Crippen molar-refractivity contribution in [1.29, 1.82) is 0 Å². The number of anilines is 2. The molecule has 0 saturated heterocycles. The number of carbonyl (C=O) groups is 2. The lowest BCUT2D eigenvalue weighted by atomic mass is 10.2. The van der Waals surface area contributed by atoms with Crippen LogP contribution in [0, 0.1) is 0 Å². The Morgan fingerprint density at radius 1 is 1.00 bits per heavy atom. The largest absolute Gasteiger partial charge is 0.334 e. The maximum atomic E-state index is 11.9. The van der Waals surface area contributed by atoms with E-state index in [1.54, 1.807) is 30.3 Å². The summed E-state index contributed by atoms with van der Waals surface area (Å²) in [4.78, 5) is 22.9. The molecule has 0 bridgehead atoms. The van der Waals surface area contributed by atoms with E-state index in [9.17, 15) is 9.59 Å². The lowest BCUT2D eigenvalue weighted by molar-refractivity contribution is -0.114. The Bertz CT molecular complexity index is 718. The minimum atomic E-state index is -0.380. The molecule has 120 valence electrons. The Kier molecular flexibility index (Phi) is 5.84. The molecule has 0 heterocycles. The SMILES string of the molecule is CC(=O)Nc1ccc(NC(=O)NCc2ccc(Cl)cc2)c(Cl)c1. The maximum absolute atomic E-state index is 11.9. The van der Waals surface area contributed by atoms with Crippen molar-refractivity contribution in [2.45, 2.75) is 13.5 Å². The minimum Gasteiger partial charge on any atom is -0.334 e. The highest BCUT2D eigenvalue weighted by Crippen LogP contribution is 2.25. The van der Waals surface area contributed by atoms with E-state index in [0.29, 0.717) is 28.0 Å². The van der Waals surface area contributed by atoms with Crippen LogP contribution in [0.2, 0.25) is 10.0 Å². The first-order valence-corrected chi connectivity index (χ1v) is 7.56. The fourth-order valence-corrected chi connectivity index (χ4v) is 2.20. The third-order valence-corrected chi connectivity index (χ3v) is 3.47. The topological polar surface area (TPSA) is 70.2 Å². The van der Waals surface area contributed by atoms with Crippen molar-refractivity contribution in [3.63, 3.8) is 0 Å². The van der Waals surface area contributed by atoms with Gasteiger partial charge in [0.2, 0.25) is 5.91 Å². The van der Waals surface area contributed by atoms with Gasteiger partial charge in [-0.05, 0) is 35.9 Å². The summed E-state index contributed by atoms with van der Waals surface area (Å²) in [5.74, 6) is -0.192. The zero-order chi connectivity index (χ0) is 16.8. The molecule has 0 spiro atoms. The summed E-state index contributed by atoms with van der Waals surface area (Å²) in [5.41, 5.74) is 1.95. The molecule has 0 aliphatic carbocycles. The summed E-state index contributed by atoms with van der Waals surface area (Å²) in [6.07, 6.45) is 0. The van der Waals surface area contributed by atoms with Gasteiger partial charge in [0.15, 0.2) is 0 Å². The van der Waals surface area contributed by atoms with Gasteiger partial charge in [0.1, 0.15) is 0 Å². The molecule has 2 rings (SSSR count). The molecule has 0 saturated carbocycles. The standard InChI is InChI=1S/C16H15Cl2N3O2/c1-10(22)20-13-6-7-15(14(18)8-13)21-16(23)19-9-11-2-4-12(17)5-3-11/h2-8H,9H2,1H3,(H,20,22)(H2,19,21,23). The highest BCUT2D eigenvalue weighted by atomic mass is 35.5. The zero-order valence-corrected chi connectivity index (χ0v) is 13.8. The molecule has 0 fully saturated rings. The highest BCUT2D eigenvalue weighted by molar-refractivity contribution is 6.34. The monoisotopic (exact) mass is 351 g/mol. The molecule has 23 heavy (non-hydrogen) atoms. The number of amides is 3. The van der Waals surface area contributed by atoms with Crippen LogP contribution in [0.4, 0.5) is 16.2 Å². The van der Waals surface area contributed by atoms with Gasteiger partial charge in [0.25, 0.3) is 0 Å². The van der Waals surface area contributed by atoms with Crippen molar-refractivity contribution in [3.8, 4) is 0 Å². The molecule has 5 nitrogen and oxygen atoms in total. The molecule has 0 aliphatic heterocycles. The normalized spacial score (nSPS) is 10.0. The number of urea groups is 1. The van der Waals surface area contributed by atoms with E-state index in [1.165, 1.54) is 6.92 Å². The second-order valence-corrected chi connectivity index (χ2v) is 5.65. The molecule has 3 N–H and O–H groups in total. The van der Waals surface area contributed by atoms with Crippen LogP contribution in [0.5, 0.6) is 0 Å². The predicted molar refractivity (Wildman–Crippen MR) is 93.1 cm³/mol. The van der Waals surface area contributed by atoms with Crippen LogP contribution in [0.1, 0.15) is 12.5 Å². The van der Waals surface area contributed by atoms with Gasteiger partial charge in [-0.15, -0.1) is 0 Å². The Balaban J connectivity index is 1.92. The first-order valence-electron chi connectivity index (χ1n) is 6.80. The second-order valence-electron chi connectivity index (χ2n) is 4.81. The van der Waals surface area contributed by atoms with E-state index in [4.69, 9.17) is 23.2 Å². The van der Waals surface area contributed by atoms with Gasteiger partial charge in [-0.1, -0.05) is 35.3 Å². The van der Waals surface area contributed by atoms with E-state index < -0.39 is 0 Å². The average molecular weight is 352 g/mol. The minimum absolute atomic E-state index is 0.192. The highest BCUT2D eigenvalue weighted by Gasteiger charge is 2.07. The van der Waals surface area contributed by atoms with Gasteiger partial charge in [0.05, 0.1) is 10.7 Å². The first-order chi connectivity index (χ1) is 10.9. The lowest BCUT2D eigenvalue weighted by Crippen LogP contribution is -2.28. The molecular weight excluding hydrogens is 337 g/mol. The Hall–Kier alpha value is -2.24. The van der Waals surface area contributed by atoms with Crippen LogP contribution in [0.25, 0.3) is 0 Å². The zero-order valence-electron chi connectivity index (χ0n) is 12.3. The van der Waals surface area contributed by atoms with E-state index in [0.717, 1.165) is 5.56 Å². The number of rotatable bonds is 4. The second kappa shape index (κ2) is 7.85. The first kappa shape index (κ1) is 17.1. The van der Waals surface area contributed by atoms with E-state index in [-0.39, 0.29) is 11.9 Å². The van der Waals surface area contributed by atoms with Crippen LogP contribution in [0.15, 0.2) is 42.5 Å². The van der Waals surface area contributed by atoms with Gasteiger partial charge in [0, 0.05) is 24.2 Å². The van der Waals surface area contributed by atoms with E-state index in [2.05, 4.69) is 16.0 Å². The lowest BCUT2D eigenvalue weighted by Gasteiger charge is -2.10. The van der Waals surface area contributed by atoms with Gasteiger partial charge >= 0.3 is 6.03 Å². The molecule has 7 heteroatoms. The van der Waals surface area contributed by atoms with Crippen molar-refractivity contribution in [2.24, 2.45) is 0 Å². The molecule has 0 atom stereocenters. The van der Waals surface area contributed by atoms with Crippen LogP contribution >= 0.6 is 23.2 Å². The fourth-order valence-electron chi connectivity index (χ4n) is 1.85. The maximum Gasteiger partial charge on any atom is 0.319 e. The molecule has 0 unspecified atom stereocenters. The third kappa shape index (κ3) is 5.47. The molecule has 3 amide bonds. The molecule has 0 aliphatic rings. The smallest absolute Gasteiger partial charge is 0.319 e. The molecule has 0 aromatic heterocycles. The summed E-state index contributed by atoms with van der Waals surface area (Å²) in [6.45, 7) is 1.77. The number of benzene rings is 2. The fraction of sp³-hybridized carbons (Fsp3) is 0.125. The molecule has 0 radical (unpaired) electrons. The number of hydrogen-bond donors (Lipinski definition) is 3. The Morgan fingerprint density at radius 3 is 2.30 bits per heavy atom. The van der Waals surface area contributed by atoms with Gasteiger partial charge in [-0.3, -0.25) is 4.79 Å². The van der Waals surface area contributed by atoms with Crippen molar-refractivity contribution in [2.75, 3.05) is 10.6 Å². The number of carbonyl (C=O) groups excluding carboxylic acids is 2. The van der Waals surface area contributed by atoms with E-state index in [1.807, 2.05) is 12.1 Å². The van der Waals surface area contributed by atoms with Crippen molar-refractivity contribution in [1.82, 2.24) is 5.32 Å². The van der Waals surface area contributed by atoms with Gasteiger partial charge in [-0.25, -0.2) is 4.79 Å². The quantitative estimate of drug-likeness (QED) is 0.769. The van der Waals surface area contributed by atoms with Crippen molar-refractivity contribution < 1.29 is 9.59 Å².